The van der Waals surface area contributed by atoms with Gasteiger partial charge in [-0.25, -0.2) is 4.79 Å². The molecule has 1 amide bonds. The number of carbonyl (C=O) groups is 2. The Morgan fingerprint density at radius 1 is 1.39 bits per heavy atom. The third-order valence-corrected chi connectivity index (χ3v) is 3.10. The molecule has 0 aliphatic rings. The molecule has 8 nitrogen and oxygen atoms in total. The number of amides is 1. The van der Waals surface area contributed by atoms with Crippen molar-refractivity contribution in [3.8, 4) is 5.75 Å². The second-order valence-electron chi connectivity index (χ2n) is 4.52. The largest absolute Gasteiger partial charge is 0.496 e. The predicted molar refractivity (Wildman–Crippen MR) is 82.6 cm³/mol. The molecule has 0 saturated heterocycles. The van der Waals surface area contributed by atoms with Gasteiger partial charge in [0.2, 0.25) is 0 Å². The maximum Gasteiger partial charge on any atom is 0.342 e. The third-order valence-electron chi connectivity index (χ3n) is 2.77. The standard InChI is InChI=1S/C14H14ClN3O5/c1-7-3-12(18-23-7)17-13(19)6-22-14(20)8-4-9(15)10(16)5-11(8)21-2/h3-5H,6,16H2,1-2H3,(H,17,18,19). The summed E-state index contributed by atoms with van der Waals surface area (Å²) in [6.45, 7) is 1.18. The summed E-state index contributed by atoms with van der Waals surface area (Å²) in [5, 5.41) is 6.19. The highest BCUT2D eigenvalue weighted by atomic mass is 35.5. The van der Waals surface area contributed by atoms with Crippen molar-refractivity contribution in [2.75, 3.05) is 24.8 Å². The third kappa shape index (κ3) is 4.13. The molecule has 0 unspecified atom stereocenters. The zero-order valence-corrected chi connectivity index (χ0v) is 13.1. The molecular weight excluding hydrogens is 326 g/mol. The number of hydrogen-bond donors (Lipinski definition) is 2. The van der Waals surface area contributed by atoms with Crippen LogP contribution in [0.3, 0.4) is 0 Å². The topological polar surface area (TPSA) is 117 Å². The molecule has 1 heterocycles. The minimum absolute atomic E-state index is 0.0665. The molecule has 0 aliphatic carbocycles. The lowest BCUT2D eigenvalue weighted by Gasteiger charge is -2.10. The molecular formula is C14H14ClN3O5. The van der Waals surface area contributed by atoms with E-state index in [1.54, 1.807) is 6.92 Å². The number of esters is 1. The number of aromatic nitrogens is 1. The first kappa shape index (κ1) is 16.6. The van der Waals surface area contributed by atoms with Crippen molar-refractivity contribution in [3.63, 3.8) is 0 Å². The van der Waals surface area contributed by atoms with Gasteiger partial charge in [-0.05, 0) is 13.0 Å². The summed E-state index contributed by atoms with van der Waals surface area (Å²) < 4.78 is 14.8. The van der Waals surface area contributed by atoms with Crippen molar-refractivity contribution in [2.24, 2.45) is 0 Å². The van der Waals surface area contributed by atoms with Crippen LogP contribution < -0.4 is 15.8 Å². The summed E-state index contributed by atoms with van der Waals surface area (Å²) in [7, 11) is 1.37. The van der Waals surface area contributed by atoms with Crippen molar-refractivity contribution < 1.29 is 23.6 Å². The number of anilines is 2. The molecule has 2 aromatic rings. The second-order valence-corrected chi connectivity index (χ2v) is 4.93. The van der Waals surface area contributed by atoms with Gasteiger partial charge in [-0.15, -0.1) is 0 Å². The number of benzene rings is 1. The van der Waals surface area contributed by atoms with Crippen LogP contribution in [0, 0.1) is 6.92 Å². The number of nitrogens with two attached hydrogens (primary N) is 1. The van der Waals surface area contributed by atoms with E-state index in [0.29, 0.717) is 5.76 Å². The lowest BCUT2D eigenvalue weighted by atomic mass is 10.2. The van der Waals surface area contributed by atoms with Crippen LogP contribution in [0.15, 0.2) is 22.7 Å². The highest BCUT2D eigenvalue weighted by Gasteiger charge is 2.18. The zero-order valence-electron chi connectivity index (χ0n) is 12.4. The molecule has 2 rings (SSSR count). The fraction of sp³-hybridized carbons (Fsp3) is 0.214. The molecule has 0 fully saturated rings. The Labute approximate surface area is 136 Å². The molecule has 0 spiro atoms. The number of carbonyl (C=O) groups excluding carboxylic acids is 2. The zero-order chi connectivity index (χ0) is 17.0. The van der Waals surface area contributed by atoms with Crippen LogP contribution in [-0.4, -0.2) is 30.7 Å². The number of hydrogen-bond acceptors (Lipinski definition) is 7. The van der Waals surface area contributed by atoms with Gasteiger partial charge < -0.3 is 25.0 Å². The van der Waals surface area contributed by atoms with Gasteiger partial charge in [-0.3, -0.25) is 4.79 Å². The number of rotatable bonds is 5. The minimum atomic E-state index is -0.768. The van der Waals surface area contributed by atoms with Crippen LogP contribution in [0.5, 0.6) is 5.75 Å². The van der Waals surface area contributed by atoms with Gasteiger partial charge in [0, 0.05) is 12.1 Å². The van der Waals surface area contributed by atoms with Crippen molar-refractivity contribution in [1.82, 2.24) is 5.16 Å². The van der Waals surface area contributed by atoms with Crippen LogP contribution in [-0.2, 0) is 9.53 Å². The first-order valence-electron chi connectivity index (χ1n) is 6.44. The maximum absolute atomic E-state index is 12.0. The summed E-state index contributed by atoms with van der Waals surface area (Å²) in [6.07, 6.45) is 0. The summed E-state index contributed by atoms with van der Waals surface area (Å²) >= 11 is 5.87. The van der Waals surface area contributed by atoms with Gasteiger partial charge >= 0.3 is 5.97 Å². The molecule has 1 aromatic heterocycles. The van der Waals surface area contributed by atoms with Crippen LogP contribution in [0.25, 0.3) is 0 Å². The molecule has 9 heteroatoms. The Balaban J connectivity index is 1.99. The number of nitrogens with one attached hydrogen (secondary N) is 1. The Morgan fingerprint density at radius 3 is 2.74 bits per heavy atom. The maximum atomic E-state index is 12.0. The number of nitrogens with zero attached hydrogens (tertiary/aromatic N) is 1. The van der Waals surface area contributed by atoms with E-state index in [4.69, 9.17) is 31.3 Å². The van der Waals surface area contributed by atoms with Gasteiger partial charge in [-0.1, -0.05) is 16.8 Å². The molecule has 122 valence electrons. The monoisotopic (exact) mass is 339 g/mol. The van der Waals surface area contributed by atoms with Gasteiger partial charge in [0.25, 0.3) is 5.91 Å². The number of halogens is 1. The lowest BCUT2D eigenvalue weighted by molar-refractivity contribution is -0.119. The van der Waals surface area contributed by atoms with E-state index in [1.807, 2.05) is 0 Å². The van der Waals surface area contributed by atoms with Crippen molar-refractivity contribution in [1.29, 1.82) is 0 Å². The van der Waals surface area contributed by atoms with E-state index < -0.39 is 18.5 Å². The molecule has 3 N–H and O–H groups in total. The minimum Gasteiger partial charge on any atom is -0.496 e. The summed E-state index contributed by atoms with van der Waals surface area (Å²) in [5.74, 6) is -0.359. The molecule has 0 bridgehead atoms. The van der Waals surface area contributed by atoms with Gasteiger partial charge in [0.05, 0.1) is 17.8 Å². The summed E-state index contributed by atoms with van der Waals surface area (Å²) in [4.78, 5) is 23.7. The van der Waals surface area contributed by atoms with E-state index in [0.717, 1.165) is 0 Å². The fourth-order valence-electron chi connectivity index (χ4n) is 1.71. The van der Waals surface area contributed by atoms with Crippen molar-refractivity contribution >= 4 is 35.0 Å². The van der Waals surface area contributed by atoms with E-state index in [9.17, 15) is 9.59 Å². The van der Waals surface area contributed by atoms with E-state index in [-0.39, 0.29) is 27.8 Å². The van der Waals surface area contributed by atoms with Gasteiger partial charge in [0.15, 0.2) is 12.4 Å². The van der Waals surface area contributed by atoms with Crippen LogP contribution >= 0.6 is 11.6 Å². The smallest absolute Gasteiger partial charge is 0.342 e. The van der Waals surface area contributed by atoms with E-state index in [2.05, 4.69) is 10.5 Å². The van der Waals surface area contributed by atoms with Gasteiger partial charge in [0.1, 0.15) is 17.1 Å². The highest BCUT2D eigenvalue weighted by molar-refractivity contribution is 6.33. The van der Waals surface area contributed by atoms with E-state index >= 15 is 0 Å². The van der Waals surface area contributed by atoms with E-state index in [1.165, 1.54) is 25.3 Å². The van der Waals surface area contributed by atoms with Crippen molar-refractivity contribution in [2.45, 2.75) is 6.92 Å². The average Bonchev–Trinajstić information content (AvgIpc) is 2.92. The SMILES string of the molecule is COc1cc(N)c(Cl)cc1C(=O)OCC(=O)Nc1cc(C)on1. The van der Waals surface area contributed by atoms with Crippen LogP contribution in [0.2, 0.25) is 5.02 Å². The molecule has 0 aliphatic heterocycles. The van der Waals surface area contributed by atoms with Crippen molar-refractivity contribution in [3.05, 3.63) is 34.5 Å². The second kappa shape index (κ2) is 7.01. The molecule has 23 heavy (non-hydrogen) atoms. The normalized spacial score (nSPS) is 10.2. The summed E-state index contributed by atoms with van der Waals surface area (Å²) in [5.41, 5.74) is 5.96. The Bertz CT molecular complexity index is 744. The fourth-order valence-corrected chi connectivity index (χ4v) is 1.87. The predicted octanol–water partition coefficient (Wildman–Crippen LogP) is 2.02. The molecule has 0 saturated carbocycles. The Hall–Kier alpha value is -2.74. The van der Waals surface area contributed by atoms with Crippen LogP contribution in [0.4, 0.5) is 11.5 Å². The Kier molecular flexibility index (Phi) is 5.07. The first-order valence-corrected chi connectivity index (χ1v) is 6.81. The quantitative estimate of drug-likeness (QED) is 0.632. The average molecular weight is 340 g/mol. The molecule has 0 radical (unpaired) electrons. The first-order chi connectivity index (χ1) is 10.9. The summed E-state index contributed by atoms with van der Waals surface area (Å²) in [6, 6.07) is 4.25. The number of ether oxygens (including phenoxy) is 2. The van der Waals surface area contributed by atoms with Gasteiger partial charge in [-0.2, -0.15) is 0 Å². The molecule has 0 atom stereocenters. The molecule has 1 aromatic carbocycles. The number of nitrogen functional groups attached to an aromatic ring is 1. The number of methoxy groups -OCH3 is 1. The van der Waals surface area contributed by atoms with Crippen LogP contribution in [0.1, 0.15) is 16.1 Å². The Morgan fingerprint density at radius 2 is 2.13 bits per heavy atom. The number of aryl methyl sites for hydroxylation is 1. The highest BCUT2D eigenvalue weighted by Crippen LogP contribution is 2.29. The lowest BCUT2D eigenvalue weighted by Crippen LogP contribution is -2.21.